The molecule has 0 aromatic carbocycles. The first kappa shape index (κ1) is 25.4. The normalized spacial score (nSPS) is 13.0. The standard InChI is InChI=1S/C21H42O5/c1-3-4-5-6-7-8-9-10-11-12-13-14-15-16-17-18-20(22)26-19(2)21(23,24)25/h19,23-25H,3-18H2,1-2H3. The fourth-order valence-corrected chi connectivity index (χ4v) is 2.98. The molecule has 0 aromatic rings. The molecule has 0 bridgehead atoms. The van der Waals surface area contributed by atoms with Crippen LogP contribution in [-0.4, -0.2) is 33.4 Å². The van der Waals surface area contributed by atoms with Crippen molar-refractivity contribution in [2.45, 2.75) is 129 Å². The highest BCUT2D eigenvalue weighted by Gasteiger charge is 2.31. The lowest BCUT2D eigenvalue weighted by molar-refractivity contribution is -0.352. The summed E-state index contributed by atoms with van der Waals surface area (Å²) in [7, 11) is 0. The molecule has 0 aliphatic heterocycles. The predicted octanol–water partition coefficient (Wildman–Crippen LogP) is 4.81. The van der Waals surface area contributed by atoms with E-state index in [4.69, 9.17) is 20.1 Å². The lowest BCUT2D eigenvalue weighted by atomic mass is 10.0. The van der Waals surface area contributed by atoms with E-state index in [9.17, 15) is 4.79 Å². The molecule has 0 rings (SSSR count). The zero-order chi connectivity index (χ0) is 19.7. The highest BCUT2D eigenvalue weighted by molar-refractivity contribution is 5.69. The van der Waals surface area contributed by atoms with E-state index < -0.39 is 18.0 Å². The second kappa shape index (κ2) is 16.5. The maximum absolute atomic E-state index is 11.5. The summed E-state index contributed by atoms with van der Waals surface area (Å²) in [5.41, 5.74) is 0. The molecule has 0 radical (unpaired) electrons. The molecule has 0 aromatic heterocycles. The molecular weight excluding hydrogens is 332 g/mol. The van der Waals surface area contributed by atoms with Gasteiger partial charge < -0.3 is 20.1 Å². The van der Waals surface area contributed by atoms with Gasteiger partial charge in [0.2, 0.25) is 0 Å². The number of carbonyl (C=O) groups is 1. The molecule has 0 heterocycles. The quantitative estimate of drug-likeness (QED) is 0.182. The van der Waals surface area contributed by atoms with Gasteiger partial charge in [0.25, 0.3) is 0 Å². The van der Waals surface area contributed by atoms with E-state index in [-0.39, 0.29) is 6.42 Å². The Morgan fingerprint density at radius 3 is 1.42 bits per heavy atom. The van der Waals surface area contributed by atoms with Crippen molar-refractivity contribution in [3.05, 3.63) is 0 Å². The third-order valence-electron chi connectivity index (χ3n) is 4.84. The monoisotopic (exact) mass is 374 g/mol. The van der Waals surface area contributed by atoms with Gasteiger partial charge in [0, 0.05) is 6.42 Å². The predicted molar refractivity (Wildman–Crippen MR) is 104 cm³/mol. The third kappa shape index (κ3) is 16.8. The van der Waals surface area contributed by atoms with Crippen LogP contribution >= 0.6 is 0 Å². The molecular formula is C21H42O5. The Kier molecular flexibility index (Phi) is 16.1. The van der Waals surface area contributed by atoms with E-state index in [1.54, 1.807) is 0 Å². The van der Waals surface area contributed by atoms with Crippen LogP contribution in [0.25, 0.3) is 0 Å². The Hall–Kier alpha value is -0.650. The molecule has 0 spiro atoms. The summed E-state index contributed by atoms with van der Waals surface area (Å²) in [6.07, 6.45) is 17.9. The van der Waals surface area contributed by atoms with E-state index in [0.29, 0.717) is 0 Å². The van der Waals surface area contributed by atoms with Gasteiger partial charge in [-0.05, 0) is 13.3 Å². The minimum Gasteiger partial charge on any atom is -0.454 e. The van der Waals surface area contributed by atoms with Crippen LogP contribution in [0.5, 0.6) is 0 Å². The van der Waals surface area contributed by atoms with Crippen molar-refractivity contribution >= 4 is 5.97 Å². The lowest BCUT2D eigenvalue weighted by Crippen LogP contribution is -2.42. The minimum absolute atomic E-state index is 0.249. The molecule has 0 aliphatic carbocycles. The lowest BCUT2D eigenvalue weighted by Gasteiger charge is -2.22. The molecule has 1 atom stereocenters. The fraction of sp³-hybridized carbons (Fsp3) is 0.952. The highest BCUT2D eigenvalue weighted by atomic mass is 16.7. The summed E-state index contributed by atoms with van der Waals surface area (Å²) in [5.74, 6) is -3.47. The number of esters is 1. The van der Waals surface area contributed by atoms with Gasteiger partial charge >= 0.3 is 11.9 Å². The van der Waals surface area contributed by atoms with Crippen LogP contribution in [0.2, 0.25) is 0 Å². The largest absolute Gasteiger partial charge is 0.454 e. The van der Waals surface area contributed by atoms with Crippen molar-refractivity contribution in [3.63, 3.8) is 0 Å². The van der Waals surface area contributed by atoms with Gasteiger partial charge in [0.15, 0.2) is 6.10 Å². The number of rotatable bonds is 18. The zero-order valence-electron chi connectivity index (χ0n) is 17.0. The number of hydrogen-bond donors (Lipinski definition) is 3. The van der Waals surface area contributed by atoms with Crippen molar-refractivity contribution in [2.24, 2.45) is 0 Å². The molecule has 5 nitrogen and oxygen atoms in total. The van der Waals surface area contributed by atoms with Crippen molar-refractivity contribution in [3.8, 4) is 0 Å². The molecule has 1 unspecified atom stereocenters. The van der Waals surface area contributed by atoms with Gasteiger partial charge in [0.1, 0.15) is 0 Å². The van der Waals surface area contributed by atoms with Crippen LogP contribution in [0.3, 0.4) is 0 Å². The van der Waals surface area contributed by atoms with Gasteiger partial charge in [-0.2, -0.15) is 0 Å². The molecule has 3 N–H and O–H groups in total. The zero-order valence-corrected chi connectivity index (χ0v) is 17.0. The molecule has 0 saturated carbocycles. The van der Waals surface area contributed by atoms with Crippen LogP contribution < -0.4 is 0 Å². The number of carbonyl (C=O) groups excluding carboxylic acids is 1. The van der Waals surface area contributed by atoms with E-state index >= 15 is 0 Å². The fourth-order valence-electron chi connectivity index (χ4n) is 2.98. The molecule has 0 aliphatic rings. The molecule has 0 amide bonds. The molecule has 26 heavy (non-hydrogen) atoms. The van der Waals surface area contributed by atoms with Crippen LogP contribution in [0.1, 0.15) is 117 Å². The SMILES string of the molecule is CCCCCCCCCCCCCCCCCC(=O)OC(C)C(O)(O)O. The maximum Gasteiger partial charge on any atom is 0.314 e. The van der Waals surface area contributed by atoms with Gasteiger partial charge in [-0.3, -0.25) is 4.79 Å². The first-order chi connectivity index (χ1) is 12.4. The minimum atomic E-state index is -2.97. The number of ether oxygens (including phenoxy) is 1. The smallest absolute Gasteiger partial charge is 0.314 e. The second-order valence-electron chi connectivity index (χ2n) is 7.52. The van der Waals surface area contributed by atoms with Gasteiger partial charge in [-0.1, -0.05) is 96.8 Å². The van der Waals surface area contributed by atoms with E-state index in [2.05, 4.69) is 6.92 Å². The second-order valence-corrected chi connectivity index (χ2v) is 7.52. The Morgan fingerprint density at radius 1 is 0.731 bits per heavy atom. The van der Waals surface area contributed by atoms with Crippen LogP contribution in [0.15, 0.2) is 0 Å². The van der Waals surface area contributed by atoms with E-state index in [1.165, 1.54) is 84.0 Å². The van der Waals surface area contributed by atoms with Crippen LogP contribution in [0.4, 0.5) is 0 Å². The average Bonchev–Trinajstić information content (AvgIpc) is 2.57. The van der Waals surface area contributed by atoms with Crippen molar-refractivity contribution < 1.29 is 24.9 Å². The summed E-state index contributed by atoms with van der Waals surface area (Å²) in [4.78, 5) is 11.5. The maximum atomic E-state index is 11.5. The van der Waals surface area contributed by atoms with Gasteiger partial charge in [0.05, 0.1) is 0 Å². The summed E-state index contributed by atoms with van der Waals surface area (Å²) < 4.78 is 4.74. The van der Waals surface area contributed by atoms with Crippen LogP contribution in [0, 0.1) is 0 Å². The molecule has 156 valence electrons. The third-order valence-corrected chi connectivity index (χ3v) is 4.84. The van der Waals surface area contributed by atoms with E-state index in [1.807, 2.05) is 0 Å². The van der Waals surface area contributed by atoms with Crippen molar-refractivity contribution in [1.29, 1.82) is 0 Å². The first-order valence-corrected chi connectivity index (χ1v) is 10.7. The number of hydrogen-bond acceptors (Lipinski definition) is 5. The van der Waals surface area contributed by atoms with E-state index in [0.717, 1.165) is 19.3 Å². The molecule has 5 heteroatoms. The Morgan fingerprint density at radius 2 is 1.08 bits per heavy atom. The molecule has 0 saturated heterocycles. The van der Waals surface area contributed by atoms with Crippen molar-refractivity contribution in [1.82, 2.24) is 0 Å². The summed E-state index contributed by atoms with van der Waals surface area (Å²) in [5, 5.41) is 26.6. The Bertz CT molecular complexity index is 325. The van der Waals surface area contributed by atoms with Crippen molar-refractivity contribution in [2.75, 3.05) is 0 Å². The summed E-state index contributed by atoms with van der Waals surface area (Å²) in [6, 6.07) is 0. The summed E-state index contributed by atoms with van der Waals surface area (Å²) >= 11 is 0. The number of unbranched alkanes of at least 4 members (excludes halogenated alkanes) is 14. The topological polar surface area (TPSA) is 87.0 Å². The summed E-state index contributed by atoms with van der Waals surface area (Å²) in [6.45, 7) is 3.50. The highest BCUT2D eigenvalue weighted by Crippen LogP contribution is 2.14. The Balaban J connectivity index is 3.25. The van der Waals surface area contributed by atoms with Gasteiger partial charge in [-0.25, -0.2) is 0 Å². The first-order valence-electron chi connectivity index (χ1n) is 10.7. The van der Waals surface area contributed by atoms with Gasteiger partial charge in [-0.15, -0.1) is 0 Å². The average molecular weight is 375 g/mol. The Labute approximate surface area is 160 Å². The van der Waals surface area contributed by atoms with Crippen LogP contribution in [-0.2, 0) is 9.53 Å². The number of aliphatic hydroxyl groups is 3. The molecule has 0 fully saturated rings.